The minimum atomic E-state index is -4.01. The Bertz CT molecular complexity index is 850. The average molecular weight is 359 g/mol. The number of benzene rings is 2. The molecule has 0 aromatic heterocycles. The molecule has 22 heavy (non-hydrogen) atoms. The first-order valence-electron chi connectivity index (χ1n) is 6.01. The molecule has 0 radical (unpaired) electrons. The van der Waals surface area contributed by atoms with E-state index < -0.39 is 16.0 Å². The predicted molar refractivity (Wildman–Crippen MR) is 82.8 cm³/mol. The zero-order valence-electron chi connectivity index (χ0n) is 11.3. The van der Waals surface area contributed by atoms with Crippen LogP contribution in [0.4, 0.5) is 5.69 Å². The zero-order chi connectivity index (χ0) is 16.5. The lowest BCUT2D eigenvalue weighted by Gasteiger charge is -2.14. The Kier molecular flexibility index (Phi) is 4.65. The Morgan fingerprint density at radius 1 is 1.18 bits per heavy atom. The van der Waals surface area contributed by atoms with Crippen LogP contribution in [0.3, 0.4) is 0 Å². The summed E-state index contributed by atoms with van der Waals surface area (Å²) in [5.41, 5.74) is 0.532. The van der Waals surface area contributed by atoms with Gasteiger partial charge in [-0.1, -0.05) is 41.4 Å². The number of aromatic carboxylic acids is 1. The fraction of sp³-hybridized carbons (Fsp3) is 0.0714. The molecule has 0 bridgehead atoms. The molecule has 0 fully saturated rings. The van der Waals surface area contributed by atoms with Crippen molar-refractivity contribution in [3.8, 4) is 0 Å². The van der Waals surface area contributed by atoms with Crippen molar-refractivity contribution in [1.29, 1.82) is 0 Å². The minimum absolute atomic E-state index is 0.102. The van der Waals surface area contributed by atoms with Crippen LogP contribution in [0.5, 0.6) is 0 Å². The summed E-state index contributed by atoms with van der Waals surface area (Å²) in [7, 11) is -4.01. The van der Waals surface area contributed by atoms with Crippen molar-refractivity contribution in [1.82, 2.24) is 0 Å². The van der Waals surface area contributed by atoms with E-state index in [2.05, 4.69) is 4.72 Å². The molecular weight excluding hydrogens is 349 g/mol. The highest BCUT2D eigenvalue weighted by Gasteiger charge is 2.20. The number of carbonyl (C=O) groups excluding carboxylic acids is 1. The largest absolute Gasteiger partial charge is 0.545 e. The molecule has 0 aliphatic rings. The van der Waals surface area contributed by atoms with Crippen molar-refractivity contribution >= 4 is 44.9 Å². The Balaban J connectivity index is 2.47. The van der Waals surface area contributed by atoms with Gasteiger partial charge in [0, 0.05) is 0 Å². The first-order chi connectivity index (χ1) is 10.2. The second-order valence-corrected chi connectivity index (χ2v) is 6.91. The van der Waals surface area contributed by atoms with Crippen LogP contribution in [0.2, 0.25) is 10.0 Å². The monoisotopic (exact) mass is 358 g/mol. The molecule has 0 aliphatic carbocycles. The first kappa shape index (κ1) is 16.6. The van der Waals surface area contributed by atoms with Crippen molar-refractivity contribution in [2.75, 3.05) is 4.72 Å². The molecule has 0 unspecified atom stereocenters. The fourth-order valence-electron chi connectivity index (χ4n) is 1.75. The molecule has 0 atom stereocenters. The number of halogens is 2. The van der Waals surface area contributed by atoms with Crippen LogP contribution in [0, 0.1) is 6.92 Å². The summed E-state index contributed by atoms with van der Waals surface area (Å²) in [5, 5.41) is 10.9. The SMILES string of the molecule is Cc1ccc(C(=O)[O-])cc1NS(=O)(=O)c1cccc(Cl)c1Cl. The quantitative estimate of drug-likeness (QED) is 0.909. The number of hydrogen-bond donors (Lipinski definition) is 1. The van der Waals surface area contributed by atoms with Crippen LogP contribution in [-0.2, 0) is 10.0 Å². The van der Waals surface area contributed by atoms with Gasteiger partial charge in [0.1, 0.15) is 4.90 Å². The number of aryl methyl sites for hydroxylation is 1. The third kappa shape index (κ3) is 3.35. The number of rotatable bonds is 4. The Morgan fingerprint density at radius 3 is 2.50 bits per heavy atom. The highest BCUT2D eigenvalue weighted by molar-refractivity contribution is 7.92. The van der Waals surface area contributed by atoms with Crippen molar-refractivity contribution < 1.29 is 18.3 Å². The van der Waals surface area contributed by atoms with E-state index in [0.29, 0.717) is 5.56 Å². The Hall–Kier alpha value is -1.76. The van der Waals surface area contributed by atoms with E-state index in [9.17, 15) is 18.3 Å². The van der Waals surface area contributed by atoms with E-state index in [1.165, 1.54) is 36.4 Å². The molecule has 2 rings (SSSR count). The maximum Gasteiger partial charge on any atom is 0.263 e. The molecule has 0 aliphatic heterocycles. The number of sulfonamides is 1. The average Bonchev–Trinajstić information content (AvgIpc) is 2.43. The molecule has 2 aromatic carbocycles. The van der Waals surface area contributed by atoms with Crippen LogP contribution in [0.25, 0.3) is 0 Å². The predicted octanol–water partition coefficient (Wildman–Crippen LogP) is 2.47. The van der Waals surface area contributed by atoms with Gasteiger partial charge in [-0.15, -0.1) is 0 Å². The normalized spacial score (nSPS) is 11.2. The van der Waals surface area contributed by atoms with Gasteiger partial charge < -0.3 is 9.90 Å². The van der Waals surface area contributed by atoms with E-state index in [0.717, 1.165) is 0 Å². The second kappa shape index (κ2) is 6.16. The van der Waals surface area contributed by atoms with Crippen molar-refractivity contribution in [2.24, 2.45) is 0 Å². The summed E-state index contributed by atoms with van der Waals surface area (Å²) in [4.78, 5) is 10.7. The van der Waals surface area contributed by atoms with E-state index in [1.54, 1.807) is 6.92 Å². The number of carboxylic acids is 1. The molecule has 0 saturated carbocycles. The van der Waals surface area contributed by atoms with E-state index in [4.69, 9.17) is 23.2 Å². The van der Waals surface area contributed by atoms with Gasteiger partial charge in [0.25, 0.3) is 10.0 Å². The Labute approximate surface area is 137 Å². The van der Waals surface area contributed by atoms with Crippen LogP contribution in [0.1, 0.15) is 15.9 Å². The minimum Gasteiger partial charge on any atom is -0.545 e. The maximum absolute atomic E-state index is 12.4. The van der Waals surface area contributed by atoms with Gasteiger partial charge in [-0.3, -0.25) is 4.72 Å². The van der Waals surface area contributed by atoms with Gasteiger partial charge in [-0.2, -0.15) is 0 Å². The molecule has 0 spiro atoms. The molecule has 116 valence electrons. The topological polar surface area (TPSA) is 86.3 Å². The fourth-order valence-corrected chi connectivity index (χ4v) is 3.63. The molecule has 1 N–H and O–H groups in total. The number of carboxylic acid groups (broad SMARTS) is 1. The number of hydrogen-bond acceptors (Lipinski definition) is 4. The van der Waals surface area contributed by atoms with Gasteiger partial charge in [0.05, 0.1) is 21.7 Å². The lowest BCUT2D eigenvalue weighted by Crippen LogP contribution is -2.22. The lowest BCUT2D eigenvalue weighted by atomic mass is 10.1. The summed E-state index contributed by atoms with van der Waals surface area (Å²) in [6.07, 6.45) is 0. The van der Waals surface area contributed by atoms with Crippen LogP contribution < -0.4 is 9.83 Å². The van der Waals surface area contributed by atoms with Crippen LogP contribution >= 0.6 is 23.2 Å². The summed E-state index contributed by atoms with van der Waals surface area (Å²) in [5.74, 6) is -1.40. The molecule has 5 nitrogen and oxygen atoms in total. The summed E-state index contributed by atoms with van der Waals surface area (Å²) in [6, 6.07) is 8.20. The number of nitrogens with one attached hydrogen (secondary N) is 1. The number of anilines is 1. The highest BCUT2D eigenvalue weighted by atomic mass is 35.5. The van der Waals surface area contributed by atoms with E-state index in [1.807, 2.05) is 0 Å². The smallest absolute Gasteiger partial charge is 0.263 e. The van der Waals surface area contributed by atoms with Gasteiger partial charge in [-0.25, -0.2) is 8.42 Å². The lowest BCUT2D eigenvalue weighted by molar-refractivity contribution is -0.255. The maximum atomic E-state index is 12.4. The van der Waals surface area contributed by atoms with Crippen LogP contribution in [-0.4, -0.2) is 14.4 Å². The number of carbonyl (C=O) groups is 1. The molecule has 0 saturated heterocycles. The van der Waals surface area contributed by atoms with Crippen molar-refractivity contribution in [3.05, 3.63) is 57.6 Å². The highest BCUT2D eigenvalue weighted by Crippen LogP contribution is 2.30. The molecule has 2 aromatic rings. The first-order valence-corrected chi connectivity index (χ1v) is 8.25. The Morgan fingerprint density at radius 2 is 1.86 bits per heavy atom. The molecule has 0 heterocycles. The van der Waals surface area contributed by atoms with Gasteiger partial charge in [-0.05, 0) is 36.2 Å². The molecular formula is C14H10Cl2NO4S-. The summed E-state index contributed by atoms with van der Waals surface area (Å²) < 4.78 is 27.1. The van der Waals surface area contributed by atoms with Gasteiger partial charge >= 0.3 is 0 Å². The van der Waals surface area contributed by atoms with Crippen molar-refractivity contribution in [2.45, 2.75) is 11.8 Å². The third-order valence-corrected chi connectivity index (χ3v) is 5.26. The summed E-state index contributed by atoms with van der Waals surface area (Å²) >= 11 is 11.7. The summed E-state index contributed by atoms with van der Waals surface area (Å²) in [6.45, 7) is 1.64. The van der Waals surface area contributed by atoms with Crippen LogP contribution in [0.15, 0.2) is 41.3 Å². The van der Waals surface area contributed by atoms with Crippen molar-refractivity contribution in [3.63, 3.8) is 0 Å². The second-order valence-electron chi connectivity index (χ2n) is 4.47. The van der Waals surface area contributed by atoms with E-state index in [-0.39, 0.29) is 26.2 Å². The van der Waals surface area contributed by atoms with Gasteiger partial charge in [0.2, 0.25) is 0 Å². The van der Waals surface area contributed by atoms with E-state index >= 15 is 0 Å². The molecule has 0 amide bonds. The third-order valence-electron chi connectivity index (χ3n) is 2.92. The standard InChI is InChI=1S/C14H11Cl2NO4S/c1-8-5-6-9(14(18)19)7-11(8)17-22(20,21)12-4-2-3-10(15)13(12)16/h2-7,17H,1H3,(H,18,19)/p-1. The zero-order valence-corrected chi connectivity index (χ0v) is 13.6. The van der Waals surface area contributed by atoms with Gasteiger partial charge in [0.15, 0.2) is 0 Å². The molecule has 8 heteroatoms.